The minimum absolute atomic E-state index is 0.233. The maximum absolute atomic E-state index is 12.3. The van der Waals surface area contributed by atoms with Crippen LogP contribution in [-0.2, 0) is 9.53 Å². The summed E-state index contributed by atoms with van der Waals surface area (Å²) in [4.78, 5) is 16.9. The Kier molecular flexibility index (Phi) is 3.34. The molecule has 2 aliphatic heterocycles. The zero-order valence-corrected chi connectivity index (χ0v) is 10.4. The van der Waals surface area contributed by atoms with Gasteiger partial charge in [0.15, 0.2) is 0 Å². The number of hydrogen-bond donors (Lipinski definition) is 0. The molecule has 96 valence electrons. The summed E-state index contributed by atoms with van der Waals surface area (Å²) >= 11 is 0. The minimum Gasteiger partial charge on any atom is -0.381 e. The summed E-state index contributed by atoms with van der Waals surface area (Å²) in [5.41, 5.74) is 0. The van der Waals surface area contributed by atoms with E-state index < -0.39 is 0 Å². The van der Waals surface area contributed by atoms with Crippen LogP contribution >= 0.6 is 0 Å². The Bertz CT molecular complexity index is 277. The fraction of sp³-hybridized carbons (Fsp3) is 0.923. The van der Waals surface area contributed by atoms with Crippen molar-refractivity contribution in [2.75, 3.05) is 39.4 Å². The molecule has 4 nitrogen and oxygen atoms in total. The molecule has 0 unspecified atom stereocenters. The van der Waals surface area contributed by atoms with Crippen molar-refractivity contribution in [2.45, 2.75) is 31.7 Å². The Labute approximate surface area is 103 Å². The molecule has 2 saturated heterocycles. The van der Waals surface area contributed by atoms with E-state index in [0.29, 0.717) is 5.91 Å². The lowest BCUT2D eigenvalue weighted by Crippen LogP contribution is -2.51. The summed E-state index contributed by atoms with van der Waals surface area (Å²) in [6.45, 7) is 5.57. The predicted molar refractivity (Wildman–Crippen MR) is 64.7 cm³/mol. The second-order valence-corrected chi connectivity index (χ2v) is 5.48. The van der Waals surface area contributed by atoms with Crippen LogP contribution in [0.25, 0.3) is 0 Å². The summed E-state index contributed by atoms with van der Waals surface area (Å²) < 4.78 is 5.32. The third-order valence-corrected chi connectivity index (χ3v) is 4.26. The van der Waals surface area contributed by atoms with Crippen molar-refractivity contribution >= 4 is 5.91 Å². The van der Waals surface area contributed by atoms with Gasteiger partial charge < -0.3 is 9.64 Å². The monoisotopic (exact) mass is 238 g/mol. The van der Waals surface area contributed by atoms with Crippen LogP contribution in [0.15, 0.2) is 0 Å². The van der Waals surface area contributed by atoms with Crippen LogP contribution in [0.3, 0.4) is 0 Å². The summed E-state index contributed by atoms with van der Waals surface area (Å²) in [7, 11) is 0. The van der Waals surface area contributed by atoms with Crippen LogP contribution in [0.2, 0.25) is 0 Å². The second kappa shape index (κ2) is 4.94. The molecule has 1 aliphatic carbocycles. The Balaban J connectivity index is 1.49. The zero-order chi connectivity index (χ0) is 11.7. The van der Waals surface area contributed by atoms with E-state index in [1.165, 1.54) is 12.8 Å². The number of ether oxygens (including phenoxy) is 1. The van der Waals surface area contributed by atoms with Gasteiger partial charge in [0.05, 0.1) is 0 Å². The van der Waals surface area contributed by atoms with Crippen LogP contribution < -0.4 is 0 Å². The van der Waals surface area contributed by atoms with E-state index in [-0.39, 0.29) is 5.92 Å². The molecule has 1 amide bonds. The average molecular weight is 238 g/mol. The molecule has 0 aromatic heterocycles. The highest BCUT2D eigenvalue weighted by Gasteiger charge is 2.34. The van der Waals surface area contributed by atoms with Gasteiger partial charge in [0.25, 0.3) is 0 Å². The van der Waals surface area contributed by atoms with Crippen molar-refractivity contribution in [3.8, 4) is 0 Å². The number of piperazine rings is 1. The van der Waals surface area contributed by atoms with E-state index >= 15 is 0 Å². The maximum Gasteiger partial charge on any atom is 0.225 e. The summed E-state index contributed by atoms with van der Waals surface area (Å²) in [6, 6.07) is 0.843. The number of nitrogens with zero attached hydrogens (tertiary/aromatic N) is 2. The van der Waals surface area contributed by atoms with Gasteiger partial charge in [0, 0.05) is 51.4 Å². The molecule has 0 radical (unpaired) electrons. The van der Waals surface area contributed by atoms with E-state index in [4.69, 9.17) is 4.74 Å². The molecule has 3 aliphatic rings. The van der Waals surface area contributed by atoms with Crippen molar-refractivity contribution in [2.24, 2.45) is 5.92 Å². The van der Waals surface area contributed by atoms with Crippen molar-refractivity contribution in [1.29, 1.82) is 0 Å². The molecular weight excluding hydrogens is 216 g/mol. The van der Waals surface area contributed by atoms with E-state index in [1.54, 1.807) is 0 Å². The number of hydrogen-bond acceptors (Lipinski definition) is 3. The third kappa shape index (κ3) is 2.63. The fourth-order valence-electron chi connectivity index (χ4n) is 2.95. The molecule has 0 bridgehead atoms. The molecule has 1 saturated carbocycles. The van der Waals surface area contributed by atoms with Crippen LogP contribution in [0.5, 0.6) is 0 Å². The van der Waals surface area contributed by atoms with Gasteiger partial charge >= 0.3 is 0 Å². The van der Waals surface area contributed by atoms with E-state index in [1.807, 2.05) is 0 Å². The molecule has 0 spiro atoms. The zero-order valence-electron chi connectivity index (χ0n) is 10.4. The van der Waals surface area contributed by atoms with Crippen LogP contribution in [-0.4, -0.2) is 61.1 Å². The standard InChI is InChI=1S/C13H22N2O2/c16-13(11-3-9-17-10-4-11)15-7-5-14(6-8-15)12-1-2-12/h11-12H,1-10H2. The quantitative estimate of drug-likeness (QED) is 0.710. The molecule has 2 heterocycles. The lowest BCUT2D eigenvalue weighted by molar-refractivity contribution is -0.140. The lowest BCUT2D eigenvalue weighted by Gasteiger charge is -2.37. The molecule has 3 fully saturated rings. The van der Waals surface area contributed by atoms with Crippen molar-refractivity contribution in [1.82, 2.24) is 9.80 Å². The molecule has 0 N–H and O–H groups in total. The Hall–Kier alpha value is -0.610. The highest BCUT2D eigenvalue weighted by Crippen LogP contribution is 2.28. The van der Waals surface area contributed by atoms with Crippen LogP contribution in [0.1, 0.15) is 25.7 Å². The van der Waals surface area contributed by atoms with Crippen molar-refractivity contribution in [3.63, 3.8) is 0 Å². The van der Waals surface area contributed by atoms with Gasteiger partial charge in [-0.3, -0.25) is 9.69 Å². The number of carbonyl (C=O) groups is 1. The largest absolute Gasteiger partial charge is 0.381 e. The predicted octanol–water partition coefficient (Wildman–Crippen LogP) is 0.720. The average Bonchev–Trinajstić information content (AvgIpc) is 3.24. The highest BCUT2D eigenvalue weighted by molar-refractivity contribution is 5.79. The van der Waals surface area contributed by atoms with Gasteiger partial charge in [0.2, 0.25) is 5.91 Å². The van der Waals surface area contributed by atoms with Gasteiger partial charge in [-0.25, -0.2) is 0 Å². The van der Waals surface area contributed by atoms with E-state index in [0.717, 1.165) is 58.3 Å². The number of carbonyl (C=O) groups excluding carboxylic acids is 1. The van der Waals surface area contributed by atoms with Crippen molar-refractivity contribution in [3.05, 3.63) is 0 Å². The molecule has 3 rings (SSSR count). The van der Waals surface area contributed by atoms with Crippen molar-refractivity contribution < 1.29 is 9.53 Å². The second-order valence-electron chi connectivity index (χ2n) is 5.48. The minimum atomic E-state index is 0.233. The smallest absolute Gasteiger partial charge is 0.225 e. The highest BCUT2D eigenvalue weighted by atomic mass is 16.5. The lowest BCUT2D eigenvalue weighted by atomic mass is 9.98. The van der Waals surface area contributed by atoms with Crippen LogP contribution in [0, 0.1) is 5.92 Å². The molecule has 0 aromatic carbocycles. The van der Waals surface area contributed by atoms with Gasteiger partial charge in [-0.15, -0.1) is 0 Å². The maximum atomic E-state index is 12.3. The number of rotatable bonds is 2. The molecule has 0 aromatic rings. The summed E-state index contributed by atoms with van der Waals surface area (Å²) in [5, 5.41) is 0. The number of amides is 1. The Morgan fingerprint density at radius 2 is 1.59 bits per heavy atom. The molecule has 4 heteroatoms. The third-order valence-electron chi connectivity index (χ3n) is 4.26. The molecule has 0 atom stereocenters. The van der Waals surface area contributed by atoms with Gasteiger partial charge in [-0.2, -0.15) is 0 Å². The Morgan fingerprint density at radius 3 is 2.18 bits per heavy atom. The Morgan fingerprint density at radius 1 is 0.941 bits per heavy atom. The molecular formula is C13H22N2O2. The first-order valence-corrected chi connectivity index (χ1v) is 6.95. The molecule has 17 heavy (non-hydrogen) atoms. The van der Waals surface area contributed by atoms with Crippen LogP contribution in [0.4, 0.5) is 0 Å². The van der Waals surface area contributed by atoms with E-state index in [9.17, 15) is 4.79 Å². The van der Waals surface area contributed by atoms with Gasteiger partial charge in [-0.05, 0) is 25.7 Å². The fourth-order valence-corrected chi connectivity index (χ4v) is 2.95. The SMILES string of the molecule is O=C(C1CCOCC1)N1CCN(C2CC2)CC1. The summed E-state index contributed by atoms with van der Waals surface area (Å²) in [5.74, 6) is 0.611. The van der Waals surface area contributed by atoms with Gasteiger partial charge in [-0.1, -0.05) is 0 Å². The first kappa shape index (κ1) is 11.5. The topological polar surface area (TPSA) is 32.8 Å². The first-order valence-electron chi connectivity index (χ1n) is 6.95. The normalized spacial score (nSPS) is 28.4. The first-order chi connectivity index (χ1) is 8.34. The summed E-state index contributed by atoms with van der Waals surface area (Å²) in [6.07, 6.45) is 4.57. The van der Waals surface area contributed by atoms with Gasteiger partial charge in [0.1, 0.15) is 0 Å². The van der Waals surface area contributed by atoms with E-state index in [2.05, 4.69) is 9.80 Å².